The lowest BCUT2D eigenvalue weighted by Crippen LogP contribution is -2.37. The Morgan fingerprint density at radius 2 is 2.00 bits per heavy atom. The van der Waals surface area contributed by atoms with Crippen molar-refractivity contribution >= 4 is 17.9 Å². The first-order valence-corrected chi connectivity index (χ1v) is 4.95. The van der Waals surface area contributed by atoms with Crippen LogP contribution in [0.3, 0.4) is 0 Å². The van der Waals surface area contributed by atoms with E-state index in [-0.39, 0.29) is 12.8 Å². The van der Waals surface area contributed by atoms with Gasteiger partial charge in [0.1, 0.15) is 0 Å². The van der Waals surface area contributed by atoms with Crippen LogP contribution >= 0.6 is 0 Å². The molecule has 7 nitrogen and oxygen atoms in total. The Morgan fingerprint density at radius 1 is 1.38 bits per heavy atom. The van der Waals surface area contributed by atoms with E-state index < -0.39 is 17.9 Å². The summed E-state index contributed by atoms with van der Waals surface area (Å²) in [6.45, 7) is 0.880. The highest BCUT2D eigenvalue weighted by Gasteiger charge is 2.32. The van der Waals surface area contributed by atoms with Crippen LogP contribution in [0.25, 0.3) is 0 Å². The fourth-order valence-electron chi connectivity index (χ4n) is 1.18. The van der Waals surface area contributed by atoms with Gasteiger partial charge in [0.2, 0.25) is 0 Å². The Labute approximate surface area is 92.6 Å². The second kappa shape index (κ2) is 6.06. The van der Waals surface area contributed by atoms with Crippen LogP contribution in [0, 0.1) is 0 Å². The number of hydroxylamine groups is 2. The predicted molar refractivity (Wildman–Crippen MR) is 52.1 cm³/mol. The van der Waals surface area contributed by atoms with Gasteiger partial charge in [0.05, 0.1) is 0 Å². The zero-order valence-corrected chi connectivity index (χ0v) is 9.02. The molecule has 0 radical (unpaired) electrons. The molecule has 1 fully saturated rings. The molecule has 1 aliphatic heterocycles. The lowest BCUT2D eigenvalue weighted by atomic mass is 10.4. The van der Waals surface area contributed by atoms with Gasteiger partial charge < -0.3 is 14.9 Å². The number of hydrogen-bond donors (Lipinski definition) is 1. The van der Waals surface area contributed by atoms with Gasteiger partial charge in [-0.1, -0.05) is 0 Å². The van der Waals surface area contributed by atoms with E-state index >= 15 is 0 Å². The van der Waals surface area contributed by atoms with Gasteiger partial charge in [0, 0.05) is 33.1 Å². The summed E-state index contributed by atoms with van der Waals surface area (Å²) in [6.07, 6.45) is 0.0127. The minimum atomic E-state index is -0.806. The molecule has 0 aromatic carbocycles. The summed E-state index contributed by atoms with van der Waals surface area (Å²) < 4.78 is 4.78. The van der Waals surface area contributed by atoms with Gasteiger partial charge in [0.25, 0.3) is 11.8 Å². The number of carbonyl (C=O) groups is 3. The maximum atomic E-state index is 11.1. The molecule has 7 heteroatoms. The summed E-state index contributed by atoms with van der Waals surface area (Å²) >= 11 is 0. The summed E-state index contributed by atoms with van der Waals surface area (Å²) in [5.74, 6) is -0.978. The second-order valence-corrected chi connectivity index (χ2v) is 3.23. The third kappa shape index (κ3) is 3.50. The summed E-state index contributed by atoms with van der Waals surface area (Å²) in [4.78, 5) is 37.8. The Bertz CT molecular complexity index is 276. The molecule has 3 amide bonds. The van der Waals surface area contributed by atoms with E-state index in [1.54, 1.807) is 7.11 Å². The van der Waals surface area contributed by atoms with Gasteiger partial charge in [-0.15, -0.1) is 5.06 Å². The van der Waals surface area contributed by atoms with E-state index in [4.69, 9.17) is 4.74 Å². The highest BCUT2D eigenvalue weighted by Crippen LogP contribution is 2.11. The zero-order chi connectivity index (χ0) is 12.0. The molecular weight excluding hydrogens is 216 g/mol. The first kappa shape index (κ1) is 12.4. The Balaban J connectivity index is 2.23. The summed E-state index contributed by atoms with van der Waals surface area (Å²) in [5, 5.41) is 2.90. The summed E-state index contributed by atoms with van der Waals surface area (Å²) in [7, 11) is 1.56. The molecule has 1 rings (SSSR count). The molecule has 90 valence electrons. The standard InChI is InChI=1S/C9H14N2O5/c1-15-6-2-5-10-9(14)16-11-7(12)3-4-8(11)13/h2-6H2,1H3,(H,10,14). The molecule has 16 heavy (non-hydrogen) atoms. The average molecular weight is 230 g/mol. The van der Waals surface area contributed by atoms with Gasteiger partial charge >= 0.3 is 6.09 Å². The summed E-state index contributed by atoms with van der Waals surface area (Å²) in [5.41, 5.74) is 0. The number of ether oxygens (including phenoxy) is 1. The maximum Gasteiger partial charge on any atom is 0.432 e. The molecule has 0 aromatic heterocycles. The third-order valence-corrected chi connectivity index (χ3v) is 1.97. The Morgan fingerprint density at radius 3 is 2.56 bits per heavy atom. The highest BCUT2D eigenvalue weighted by molar-refractivity contribution is 6.01. The predicted octanol–water partition coefficient (Wildman–Crippen LogP) is -0.187. The molecule has 0 spiro atoms. The van der Waals surface area contributed by atoms with E-state index in [1.807, 2.05) is 0 Å². The van der Waals surface area contributed by atoms with Crippen molar-refractivity contribution in [2.45, 2.75) is 19.3 Å². The molecule has 1 aliphatic rings. The molecule has 1 heterocycles. The first-order chi connectivity index (χ1) is 7.65. The monoisotopic (exact) mass is 230 g/mol. The van der Waals surface area contributed by atoms with Crippen molar-refractivity contribution in [3.05, 3.63) is 0 Å². The minimum absolute atomic E-state index is 0.0930. The number of nitrogens with one attached hydrogen (secondary N) is 1. The van der Waals surface area contributed by atoms with Crippen molar-refractivity contribution in [3.8, 4) is 0 Å². The van der Waals surface area contributed by atoms with Crippen LogP contribution < -0.4 is 5.32 Å². The van der Waals surface area contributed by atoms with Crippen LogP contribution in [-0.4, -0.2) is 43.2 Å². The topological polar surface area (TPSA) is 84.9 Å². The fourth-order valence-corrected chi connectivity index (χ4v) is 1.18. The van der Waals surface area contributed by atoms with Gasteiger partial charge in [-0.3, -0.25) is 9.59 Å². The van der Waals surface area contributed by atoms with Crippen molar-refractivity contribution in [3.63, 3.8) is 0 Å². The number of carbonyl (C=O) groups excluding carboxylic acids is 3. The first-order valence-electron chi connectivity index (χ1n) is 4.95. The molecule has 1 saturated heterocycles. The Kier molecular flexibility index (Phi) is 4.71. The lowest BCUT2D eigenvalue weighted by Gasteiger charge is -2.12. The molecule has 1 N–H and O–H groups in total. The fraction of sp³-hybridized carbons (Fsp3) is 0.667. The smallest absolute Gasteiger partial charge is 0.385 e. The SMILES string of the molecule is COCCCNC(=O)ON1C(=O)CCC1=O. The quantitative estimate of drug-likeness (QED) is 0.522. The molecule has 0 saturated carbocycles. The number of hydrogen-bond acceptors (Lipinski definition) is 5. The van der Waals surface area contributed by atoms with Crippen molar-refractivity contribution in [2.75, 3.05) is 20.3 Å². The minimum Gasteiger partial charge on any atom is -0.385 e. The largest absolute Gasteiger partial charge is 0.432 e. The van der Waals surface area contributed by atoms with Crippen molar-refractivity contribution in [2.24, 2.45) is 0 Å². The van der Waals surface area contributed by atoms with Gasteiger partial charge in [-0.05, 0) is 6.42 Å². The number of imide groups is 1. The second-order valence-electron chi connectivity index (χ2n) is 3.23. The molecule has 0 aliphatic carbocycles. The van der Waals surface area contributed by atoms with Gasteiger partial charge in [-0.2, -0.15) is 0 Å². The van der Waals surface area contributed by atoms with Crippen LogP contribution in [0.15, 0.2) is 0 Å². The van der Waals surface area contributed by atoms with Gasteiger partial charge in [0.15, 0.2) is 0 Å². The van der Waals surface area contributed by atoms with Crippen molar-refractivity contribution in [1.82, 2.24) is 10.4 Å². The lowest BCUT2D eigenvalue weighted by molar-refractivity contribution is -0.171. The molecule has 0 bridgehead atoms. The number of nitrogens with zero attached hydrogens (tertiary/aromatic N) is 1. The van der Waals surface area contributed by atoms with E-state index in [0.29, 0.717) is 24.6 Å². The Hall–Kier alpha value is -1.63. The van der Waals surface area contributed by atoms with Crippen LogP contribution in [0.4, 0.5) is 4.79 Å². The van der Waals surface area contributed by atoms with E-state index in [9.17, 15) is 14.4 Å². The highest BCUT2D eigenvalue weighted by atomic mass is 16.7. The average Bonchev–Trinajstić information content (AvgIpc) is 2.56. The molecule has 0 atom stereocenters. The van der Waals surface area contributed by atoms with E-state index in [2.05, 4.69) is 10.2 Å². The molecular formula is C9H14N2O5. The normalized spacial score (nSPS) is 15.4. The summed E-state index contributed by atoms with van der Waals surface area (Å²) in [6, 6.07) is 0. The number of amides is 3. The van der Waals surface area contributed by atoms with Gasteiger partial charge in [-0.25, -0.2) is 4.79 Å². The van der Waals surface area contributed by atoms with Crippen LogP contribution in [0.5, 0.6) is 0 Å². The molecule has 0 unspecified atom stereocenters. The van der Waals surface area contributed by atoms with Crippen LogP contribution in [0.1, 0.15) is 19.3 Å². The van der Waals surface area contributed by atoms with Crippen molar-refractivity contribution < 1.29 is 24.0 Å². The van der Waals surface area contributed by atoms with Crippen LogP contribution in [-0.2, 0) is 19.2 Å². The number of methoxy groups -OCH3 is 1. The maximum absolute atomic E-state index is 11.1. The number of rotatable bonds is 5. The van der Waals surface area contributed by atoms with E-state index in [0.717, 1.165) is 0 Å². The third-order valence-electron chi connectivity index (χ3n) is 1.97. The van der Waals surface area contributed by atoms with E-state index in [1.165, 1.54) is 0 Å². The van der Waals surface area contributed by atoms with Crippen LogP contribution in [0.2, 0.25) is 0 Å². The van der Waals surface area contributed by atoms with Crippen molar-refractivity contribution in [1.29, 1.82) is 0 Å². The zero-order valence-electron chi connectivity index (χ0n) is 9.02. The molecule has 0 aromatic rings.